The van der Waals surface area contributed by atoms with Gasteiger partial charge in [-0.2, -0.15) is 0 Å². The number of hydrogen-bond donors (Lipinski definition) is 2. The molecule has 1 aromatic carbocycles. The largest absolute Gasteiger partial charge is 0.390 e. The molecule has 100 valence electrons. The standard InChI is InChI=1S/C13H17F2NO2/c14-13(15)10-7-16(8-11(17)12(10)18)6-9-4-2-1-3-5-9/h1-5,10-13,17-18H,6-8H2/t10-,11+,12+/m0/s1. The maximum absolute atomic E-state index is 12.8. The highest BCUT2D eigenvalue weighted by atomic mass is 19.3. The Morgan fingerprint density at radius 1 is 1.17 bits per heavy atom. The van der Waals surface area contributed by atoms with Crippen molar-refractivity contribution >= 4 is 0 Å². The minimum atomic E-state index is -2.62. The molecule has 0 amide bonds. The number of benzene rings is 1. The first-order chi connectivity index (χ1) is 8.58. The highest BCUT2D eigenvalue weighted by Crippen LogP contribution is 2.24. The van der Waals surface area contributed by atoms with Gasteiger partial charge in [0, 0.05) is 19.6 Å². The van der Waals surface area contributed by atoms with Crippen LogP contribution in [0.4, 0.5) is 8.78 Å². The van der Waals surface area contributed by atoms with Gasteiger partial charge in [-0.3, -0.25) is 4.90 Å². The Hall–Kier alpha value is -1.04. The molecule has 18 heavy (non-hydrogen) atoms. The van der Waals surface area contributed by atoms with E-state index in [2.05, 4.69) is 0 Å². The van der Waals surface area contributed by atoms with Gasteiger partial charge in [-0.05, 0) is 5.56 Å². The van der Waals surface area contributed by atoms with E-state index in [4.69, 9.17) is 0 Å². The van der Waals surface area contributed by atoms with E-state index in [1.165, 1.54) is 0 Å². The van der Waals surface area contributed by atoms with Gasteiger partial charge in [-0.15, -0.1) is 0 Å². The lowest BCUT2D eigenvalue weighted by Crippen LogP contribution is -2.54. The van der Waals surface area contributed by atoms with Crippen molar-refractivity contribution in [2.24, 2.45) is 5.92 Å². The monoisotopic (exact) mass is 257 g/mol. The van der Waals surface area contributed by atoms with E-state index in [-0.39, 0.29) is 13.1 Å². The summed E-state index contributed by atoms with van der Waals surface area (Å²) in [5.74, 6) is -1.18. The Bertz CT molecular complexity index is 375. The zero-order valence-electron chi connectivity index (χ0n) is 9.92. The molecule has 3 atom stereocenters. The fourth-order valence-electron chi connectivity index (χ4n) is 2.34. The van der Waals surface area contributed by atoms with E-state index < -0.39 is 24.6 Å². The fourth-order valence-corrected chi connectivity index (χ4v) is 2.34. The molecule has 2 N–H and O–H groups in total. The maximum Gasteiger partial charge on any atom is 0.245 e. The van der Waals surface area contributed by atoms with Crippen molar-refractivity contribution < 1.29 is 19.0 Å². The lowest BCUT2D eigenvalue weighted by atomic mass is 9.92. The first kappa shape index (κ1) is 13.4. The average Bonchev–Trinajstić information content (AvgIpc) is 2.34. The lowest BCUT2D eigenvalue weighted by molar-refractivity contribution is -0.118. The van der Waals surface area contributed by atoms with Gasteiger partial charge < -0.3 is 10.2 Å². The van der Waals surface area contributed by atoms with Gasteiger partial charge in [0.05, 0.1) is 18.1 Å². The van der Waals surface area contributed by atoms with Crippen LogP contribution >= 0.6 is 0 Å². The van der Waals surface area contributed by atoms with Gasteiger partial charge in [-0.1, -0.05) is 30.3 Å². The normalized spacial score (nSPS) is 29.7. The zero-order valence-corrected chi connectivity index (χ0v) is 9.92. The number of rotatable bonds is 3. The molecule has 0 aliphatic carbocycles. The molecule has 1 aromatic rings. The third-order valence-corrected chi connectivity index (χ3v) is 3.32. The summed E-state index contributed by atoms with van der Waals surface area (Å²) in [6, 6.07) is 9.48. The second-order valence-corrected chi connectivity index (χ2v) is 4.74. The van der Waals surface area contributed by atoms with E-state index in [1.807, 2.05) is 30.3 Å². The number of nitrogens with zero attached hydrogens (tertiary/aromatic N) is 1. The Morgan fingerprint density at radius 3 is 2.44 bits per heavy atom. The number of aliphatic hydroxyl groups is 2. The number of β-amino-alcohol motifs (C(OH)–C–C–N with tert-alkyl or cyclic N) is 1. The molecule has 5 heteroatoms. The highest BCUT2D eigenvalue weighted by Gasteiger charge is 2.39. The molecule has 0 saturated carbocycles. The second kappa shape index (κ2) is 5.73. The minimum absolute atomic E-state index is 0.102. The summed E-state index contributed by atoms with van der Waals surface area (Å²) in [7, 11) is 0. The number of aliphatic hydroxyl groups excluding tert-OH is 2. The van der Waals surface area contributed by atoms with E-state index in [1.54, 1.807) is 4.90 Å². The van der Waals surface area contributed by atoms with Crippen molar-refractivity contribution in [2.75, 3.05) is 13.1 Å². The molecule has 2 rings (SSSR count). The first-order valence-electron chi connectivity index (χ1n) is 5.98. The van der Waals surface area contributed by atoms with Crippen LogP contribution in [0.5, 0.6) is 0 Å². The van der Waals surface area contributed by atoms with Crippen molar-refractivity contribution in [3.05, 3.63) is 35.9 Å². The first-order valence-corrected chi connectivity index (χ1v) is 5.98. The number of alkyl halides is 2. The summed E-state index contributed by atoms with van der Waals surface area (Å²) in [6.45, 7) is 0.831. The van der Waals surface area contributed by atoms with Crippen molar-refractivity contribution in [1.82, 2.24) is 4.90 Å². The van der Waals surface area contributed by atoms with Crippen molar-refractivity contribution in [2.45, 2.75) is 25.2 Å². The van der Waals surface area contributed by atoms with Gasteiger partial charge in [0.1, 0.15) is 0 Å². The van der Waals surface area contributed by atoms with Crippen LogP contribution in [-0.4, -0.2) is 46.8 Å². The molecule has 0 bridgehead atoms. The maximum atomic E-state index is 12.8. The zero-order chi connectivity index (χ0) is 13.1. The Kier molecular flexibility index (Phi) is 4.27. The van der Waals surface area contributed by atoms with Crippen molar-refractivity contribution in [3.63, 3.8) is 0 Å². The minimum Gasteiger partial charge on any atom is -0.390 e. The van der Waals surface area contributed by atoms with Crippen LogP contribution in [-0.2, 0) is 6.54 Å². The van der Waals surface area contributed by atoms with Crippen LogP contribution in [0.2, 0.25) is 0 Å². The number of piperidine rings is 1. The lowest BCUT2D eigenvalue weighted by Gasteiger charge is -2.38. The van der Waals surface area contributed by atoms with E-state index in [0.717, 1.165) is 5.56 Å². The molecule has 1 fully saturated rings. The number of halogens is 2. The topological polar surface area (TPSA) is 43.7 Å². The summed E-state index contributed by atoms with van der Waals surface area (Å²) in [4.78, 5) is 1.75. The van der Waals surface area contributed by atoms with Gasteiger partial charge in [0.2, 0.25) is 6.43 Å². The van der Waals surface area contributed by atoms with Crippen molar-refractivity contribution in [3.8, 4) is 0 Å². The predicted molar refractivity (Wildman–Crippen MR) is 63.2 cm³/mol. The molecule has 3 nitrogen and oxygen atoms in total. The molecule has 1 saturated heterocycles. The summed E-state index contributed by atoms with van der Waals surface area (Å²) in [6.07, 6.45) is -5.06. The highest BCUT2D eigenvalue weighted by molar-refractivity contribution is 5.14. The SMILES string of the molecule is O[C@H]1[C@H](O)CN(Cc2ccccc2)C[C@@H]1C(F)F. The molecular weight excluding hydrogens is 240 g/mol. The smallest absolute Gasteiger partial charge is 0.245 e. The van der Waals surface area contributed by atoms with Crippen LogP contribution in [0.1, 0.15) is 5.56 Å². The van der Waals surface area contributed by atoms with Crippen LogP contribution < -0.4 is 0 Å². The molecule has 1 heterocycles. The Labute approximate surface area is 105 Å². The summed E-state index contributed by atoms with van der Waals surface area (Å²) >= 11 is 0. The Morgan fingerprint density at radius 2 is 1.83 bits per heavy atom. The summed E-state index contributed by atoms with van der Waals surface area (Å²) < 4.78 is 25.5. The molecule has 0 radical (unpaired) electrons. The van der Waals surface area contributed by atoms with Gasteiger partial charge >= 0.3 is 0 Å². The Balaban J connectivity index is 2.02. The second-order valence-electron chi connectivity index (χ2n) is 4.74. The average molecular weight is 257 g/mol. The van der Waals surface area contributed by atoms with Crippen molar-refractivity contribution in [1.29, 1.82) is 0 Å². The van der Waals surface area contributed by atoms with Gasteiger partial charge in [-0.25, -0.2) is 8.78 Å². The van der Waals surface area contributed by atoms with Crippen LogP contribution in [0.25, 0.3) is 0 Å². The summed E-state index contributed by atoms with van der Waals surface area (Å²) in [5.41, 5.74) is 1.01. The molecular formula is C13H17F2NO2. The molecule has 1 aliphatic heterocycles. The van der Waals surface area contributed by atoms with E-state index in [9.17, 15) is 19.0 Å². The predicted octanol–water partition coefficient (Wildman–Crippen LogP) is 1.11. The molecule has 0 unspecified atom stereocenters. The summed E-state index contributed by atoms with van der Waals surface area (Å²) in [5, 5.41) is 19.2. The van der Waals surface area contributed by atoms with Gasteiger partial charge in [0.15, 0.2) is 0 Å². The van der Waals surface area contributed by atoms with Crippen LogP contribution in [0, 0.1) is 5.92 Å². The van der Waals surface area contributed by atoms with Crippen LogP contribution in [0.3, 0.4) is 0 Å². The number of likely N-dealkylation sites (tertiary alicyclic amines) is 1. The fraction of sp³-hybridized carbons (Fsp3) is 0.538. The third kappa shape index (κ3) is 3.04. The van der Waals surface area contributed by atoms with Crippen LogP contribution in [0.15, 0.2) is 30.3 Å². The molecule has 1 aliphatic rings. The molecule has 0 spiro atoms. The van der Waals surface area contributed by atoms with E-state index in [0.29, 0.717) is 6.54 Å². The number of hydrogen-bond acceptors (Lipinski definition) is 3. The molecule has 0 aromatic heterocycles. The van der Waals surface area contributed by atoms with E-state index >= 15 is 0 Å². The third-order valence-electron chi connectivity index (χ3n) is 3.32. The quantitative estimate of drug-likeness (QED) is 0.852. The van der Waals surface area contributed by atoms with Gasteiger partial charge in [0.25, 0.3) is 0 Å².